The van der Waals surface area contributed by atoms with E-state index in [0.717, 1.165) is 37.4 Å². The van der Waals surface area contributed by atoms with Gasteiger partial charge in [0.25, 0.3) is 0 Å². The summed E-state index contributed by atoms with van der Waals surface area (Å²) in [6.45, 7) is 5.76. The number of phenols is 1. The van der Waals surface area contributed by atoms with Crippen LogP contribution in [0.1, 0.15) is 31.4 Å². The van der Waals surface area contributed by atoms with Crippen LogP contribution in [0.15, 0.2) is 107 Å². The average molecular weight is 869 g/mol. The summed E-state index contributed by atoms with van der Waals surface area (Å²) in [5.74, 6) is 2.17. The molecule has 1 saturated heterocycles. The minimum absolute atomic E-state index is 0. The van der Waals surface area contributed by atoms with Gasteiger partial charge in [-0.25, -0.2) is 4.57 Å². The normalized spacial score (nSPS) is 23.1. The molecule has 0 saturated carbocycles. The monoisotopic (exact) mass is 868 g/mol. The molecule has 1 spiro atoms. The van der Waals surface area contributed by atoms with E-state index in [1.165, 1.54) is 51.3 Å². The van der Waals surface area contributed by atoms with Crippen molar-refractivity contribution >= 4 is 55.0 Å². The molecule has 6 N–H and O–H groups in total. The molecule has 5 aliphatic rings. The highest BCUT2D eigenvalue weighted by Gasteiger charge is 2.64. The quantitative estimate of drug-likeness (QED) is 0.0722. The van der Waals surface area contributed by atoms with E-state index in [0.29, 0.717) is 23.7 Å². The fourth-order valence-electron chi connectivity index (χ4n) is 8.54. The number of aliphatic hydroxyl groups is 1. The van der Waals surface area contributed by atoms with E-state index in [4.69, 9.17) is 33.8 Å². The zero-order chi connectivity index (χ0) is 41.9. The van der Waals surface area contributed by atoms with Gasteiger partial charge < -0.3 is 54.4 Å². The van der Waals surface area contributed by atoms with Crippen LogP contribution in [0.4, 0.5) is 17.1 Å². The first-order valence-corrected chi connectivity index (χ1v) is 21.5. The molecule has 59 heavy (non-hydrogen) atoms. The van der Waals surface area contributed by atoms with Gasteiger partial charge in [0.15, 0.2) is 11.5 Å². The van der Waals surface area contributed by atoms with E-state index in [-0.39, 0.29) is 35.6 Å². The number of phenolic OH excluding ortho intramolecular Hbond substituents is 1. The van der Waals surface area contributed by atoms with Crippen LogP contribution in [0.5, 0.6) is 17.2 Å². The molecule has 6 atom stereocenters. The van der Waals surface area contributed by atoms with Crippen LogP contribution >= 0.6 is 32.0 Å². The minimum Gasteiger partial charge on any atom is -0.508 e. The lowest BCUT2D eigenvalue weighted by Crippen LogP contribution is -2.64. The van der Waals surface area contributed by atoms with Crippen LogP contribution < -0.4 is 19.7 Å². The van der Waals surface area contributed by atoms with Crippen molar-refractivity contribution in [2.24, 2.45) is 5.92 Å². The predicted molar refractivity (Wildman–Crippen MR) is 234 cm³/mol. The Labute approximate surface area is 356 Å². The number of amides is 1. The van der Waals surface area contributed by atoms with Crippen molar-refractivity contribution in [3.05, 3.63) is 108 Å². The Bertz CT molecular complexity index is 2120. The second kappa shape index (κ2) is 19.1. The number of hydrogen-bond donors (Lipinski definition) is 6. The van der Waals surface area contributed by atoms with E-state index in [1.807, 2.05) is 23.9 Å². The Balaban J connectivity index is 0.000000165. The van der Waals surface area contributed by atoms with E-state index >= 15 is 0 Å². The fraction of sp³-hybridized carbons (Fsp3) is 0.372. The highest BCUT2D eigenvalue weighted by Crippen LogP contribution is 2.62. The van der Waals surface area contributed by atoms with Crippen molar-refractivity contribution in [3.63, 3.8) is 0 Å². The molecule has 3 aliphatic heterocycles. The number of benzene rings is 4. The van der Waals surface area contributed by atoms with Crippen molar-refractivity contribution in [3.8, 4) is 17.2 Å². The van der Waals surface area contributed by atoms with Gasteiger partial charge in [-0.15, -0.1) is 12.4 Å². The molecule has 1 fully saturated rings. The predicted octanol–water partition coefficient (Wildman–Crippen LogP) is 6.58. The number of fused-ring (bicyclic) bond motifs is 2. The summed E-state index contributed by atoms with van der Waals surface area (Å²) < 4.78 is 20.7. The second-order valence-corrected chi connectivity index (χ2v) is 17.4. The molecule has 13 nitrogen and oxygen atoms in total. The largest absolute Gasteiger partial charge is 0.508 e. The molecule has 16 heteroatoms. The van der Waals surface area contributed by atoms with Gasteiger partial charge in [0.1, 0.15) is 18.0 Å². The van der Waals surface area contributed by atoms with Gasteiger partial charge in [0, 0.05) is 57.9 Å². The first-order valence-electron chi connectivity index (χ1n) is 19.1. The number of halogens is 1. The van der Waals surface area contributed by atoms with Crippen molar-refractivity contribution in [2.75, 3.05) is 51.6 Å². The highest BCUT2D eigenvalue weighted by molar-refractivity contribution is 7.99. The number of aliphatic hydroxyl groups excluding tert-OH is 1. The molecule has 4 aromatic carbocycles. The molecule has 1 amide bonds. The maximum atomic E-state index is 10.6. The van der Waals surface area contributed by atoms with Crippen LogP contribution in [-0.4, -0.2) is 106 Å². The number of ether oxygens (including phenoxy) is 2. The van der Waals surface area contributed by atoms with Crippen LogP contribution in [0.25, 0.3) is 0 Å². The Hall–Kier alpha value is -4.08. The van der Waals surface area contributed by atoms with E-state index < -0.39 is 13.9 Å². The zero-order valence-electron chi connectivity index (χ0n) is 33.9. The lowest BCUT2D eigenvalue weighted by Gasteiger charge is -2.56. The number of nitrogens with one attached hydrogen (secondary N) is 1. The highest BCUT2D eigenvalue weighted by atomic mass is 35.5. The number of nitrogens with zero attached hydrogens (tertiary/aromatic N) is 3. The fourth-order valence-corrected chi connectivity index (χ4v) is 9.64. The van der Waals surface area contributed by atoms with Gasteiger partial charge in [-0.3, -0.25) is 4.79 Å². The third-order valence-corrected chi connectivity index (χ3v) is 12.5. The third-order valence-electron chi connectivity index (χ3n) is 11.4. The second-order valence-electron chi connectivity index (χ2n) is 15.3. The molecule has 3 heterocycles. The Kier molecular flexibility index (Phi) is 14.9. The number of methoxy groups -OCH3 is 1. The number of phosphoric acid groups is 1. The van der Waals surface area contributed by atoms with Crippen molar-refractivity contribution < 1.29 is 43.7 Å². The van der Waals surface area contributed by atoms with Gasteiger partial charge in [0.2, 0.25) is 5.91 Å². The summed E-state index contributed by atoms with van der Waals surface area (Å²) >= 11 is 1.87. The summed E-state index contributed by atoms with van der Waals surface area (Å²) in [6.07, 6.45) is 5.54. The van der Waals surface area contributed by atoms with Crippen LogP contribution in [0.3, 0.4) is 0 Å². The molecule has 4 aromatic rings. The summed E-state index contributed by atoms with van der Waals surface area (Å²) in [5, 5.41) is 22.0. The Morgan fingerprint density at radius 3 is 2.15 bits per heavy atom. The Morgan fingerprint density at radius 1 is 1.00 bits per heavy atom. The molecule has 0 radical (unpaired) electrons. The van der Waals surface area contributed by atoms with Crippen LogP contribution in [0.2, 0.25) is 0 Å². The Morgan fingerprint density at radius 2 is 1.59 bits per heavy atom. The number of likely N-dealkylation sites (tertiary alicyclic amines) is 1. The SMILES string of the molecule is CC(=O)Nc1ccc(O)cc1.CC(CN1c2ccccc2Sc2ccccc21)N(C)C.COc1ccc2c3c1O[C@H]1[C@@H](O)C=C[C@H]4C(C2)N(C)CC[C@@]341.Cl.O=P(O)(O)O. The molecule has 318 valence electrons. The maximum Gasteiger partial charge on any atom is 0.466 e. The molecular weight excluding hydrogens is 815 g/mol. The van der Waals surface area contributed by atoms with Gasteiger partial charge >= 0.3 is 7.82 Å². The van der Waals surface area contributed by atoms with E-state index in [2.05, 4.69) is 109 Å². The summed E-state index contributed by atoms with van der Waals surface area (Å²) in [6, 6.07) is 28.9. The zero-order valence-corrected chi connectivity index (χ0v) is 36.5. The average Bonchev–Trinajstić information content (AvgIpc) is 3.53. The molecule has 9 rings (SSSR count). The first kappa shape index (κ1) is 46.0. The topological polar surface area (TPSA) is 175 Å². The smallest absolute Gasteiger partial charge is 0.466 e. The number of aromatic hydroxyl groups is 1. The van der Waals surface area contributed by atoms with Crippen molar-refractivity contribution in [1.82, 2.24) is 9.80 Å². The molecule has 0 aromatic heterocycles. The number of rotatable bonds is 5. The minimum atomic E-state index is -4.64. The third kappa shape index (κ3) is 10.1. The number of hydrogen-bond acceptors (Lipinski definition) is 10. The summed E-state index contributed by atoms with van der Waals surface area (Å²) in [5.41, 5.74) is 5.94. The number of carbonyl (C=O) groups is 1. The number of anilines is 3. The van der Waals surface area contributed by atoms with Gasteiger partial charge in [-0.2, -0.15) is 0 Å². The lowest BCUT2D eigenvalue weighted by atomic mass is 9.53. The van der Waals surface area contributed by atoms with Crippen LogP contribution in [-0.2, 0) is 21.2 Å². The van der Waals surface area contributed by atoms with E-state index in [1.54, 1.807) is 19.2 Å². The summed E-state index contributed by atoms with van der Waals surface area (Å²) in [7, 11) is 3.55. The maximum absolute atomic E-state index is 10.6. The molecule has 2 unspecified atom stereocenters. The standard InChI is InChI=1S/C18H21NO3.C17H20N2S.C8H9NO2.ClH.H3O4P/c1-19-8-7-18-11-4-5-13(20)17(18)22-16-14(21-2)6-3-10(15(16)18)9-12(11)19;1-13(18(2)3)12-19-14-8-4-6-10-16(14)20-17-11-7-5-9-15(17)19;1-6(10)9-7-2-4-8(11)5-3-7;;1-5(2,3)4/h3-6,11-13,17,20H,7-9H2,1-2H3;4-11,13H,12H2,1-3H3;2-5,11H,1H3,(H,9,10);1H;(H3,1,2,3,4)/t11-,12?,13-,17-,18-;;;;/m0..../s1. The van der Waals surface area contributed by atoms with Gasteiger partial charge in [-0.1, -0.05) is 54.2 Å². The molecule has 2 aliphatic carbocycles. The molecular formula is C43H54ClN4O9PS. The van der Waals surface area contributed by atoms with Crippen molar-refractivity contribution in [2.45, 2.75) is 66.2 Å². The summed E-state index contributed by atoms with van der Waals surface area (Å²) in [4.78, 5) is 42.0. The number of para-hydroxylation sites is 2. The number of carbonyl (C=O) groups excluding carboxylic acids is 1. The number of likely N-dealkylation sites (N-methyl/N-ethyl adjacent to an activating group) is 2. The molecule has 2 bridgehead atoms. The van der Waals surface area contributed by atoms with Crippen molar-refractivity contribution in [1.29, 1.82) is 0 Å². The lowest BCUT2D eigenvalue weighted by molar-refractivity contribution is -0.114. The van der Waals surface area contributed by atoms with Crippen LogP contribution in [0, 0.1) is 5.92 Å². The van der Waals surface area contributed by atoms with E-state index in [9.17, 15) is 9.90 Å². The van der Waals surface area contributed by atoms with Gasteiger partial charge in [-0.05, 0) is 108 Å². The number of piperidine rings is 1. The first-order chi connectivity index (χ1) is 27.5. The van der Waals surface area contributed by atoms with Gasteiger partial charge in [0.05, 0.1) is 18.5 Å².